The molecule has 152 valence electrons. The number of carbonyl (C=O) groups is 2. The van der Waals surface area contributed by atoms with Gasteiger partial charge in [-0.3, -0.25) is 19.4 Å². The van der Waals surface area contributed by atoms with Crippen LogP contribution in [0.2, 0.25) is 0 Å². The second-order valence-corrected chi connectivity index (χ2v) is 8.51. The van der Waals surface area contributed by atoms with Gasteiger partial charge in [0.05, 0.1) is 5.57 Å². The molecule has 4 rings (SSSR count). The summed E-state index contributed by atoms with van der Waals surface area (Å²) in [4.78, 5) is 33.2. The van der Waals surface area contributed by atoms with Crippen LogP contribution in [0.3, 0.4) is 0 Å². The number of hydrogen-bond donors (Lipinski definition) is 0. The number of rotatable bonds is 7. The topological polar surface area (TPSA) is 43.9 Å². The number of piperazine rings is 1. The quantitative estimate of drug-likeness (QED) is 0.657. The molecular formula is C23H27N3O2S. The van der Waals surface area contributed by atoms with E-state index in [2.05, 4.69) is 41.0 Å². The fourth-order valence-corrected chi connectivity index (χ4v) is 4.75. The first kappa shape index (κ1) is 19.9. The van der Waals surface area contributed by atoms with Crippen LogP contribution in [0.1, 0.15) is 30.2 Å². The number of hydrogen-bond acceptors (Lipinski definition) is 5. The van der Waals surface area contributed by atoms with Gasteiger partial charge in [-0.05, 0) is 23.4 Å². The average molecular weight is 410 g/mol. The summed E-state index contributed by atoms with van der Waals surface area (Å²) in [6, 6.07) is 14.3. The zero-order chi connectivity index (χ0) is 20.2. The normalized spacial score (nSPS) is 18.2. The van der Waals surface area contributed by atoms with Crippen LogP contribution in [0, 0.1) is 0 Å². The van der Waals surface area contributed by atoms with Gasteiger partial charge < -0.3 is 4.90 Å². The Balaban J connectivity index is 1.52. The number of benzene rings is 1. The van der Waals surface area contributed by atoms with E-state index < -0.39 is 0 Å². The van der Waals surface area contributed by atoms with Crippen LogP contribution in [-0.2, 0) is 16.1 Å². The highest BCUT2D eigenvalue weighted by atomic mass is 32.1. The predicted octanol–water partition coefficient (Wildman–Crippen LogP) is 3.45. The molecule has 2 aliphatic heterocycles. The van der Waals surface area contributed by atoms with Crippen LogP contribution < -0.4 is 0 Å². The van der Waals surface area contributed by atoms with Gasteiger partial charge in [-0.1, -0.05) is 49.7 Å². The largest absolute Gasteiger partial charge is 0.364 e. The highest BCUT2D eigenvalue weighted by Gasteiger charge is 2.42. The fourth-order valence-electron chi connectivity index (χ4n) is 3.99. The Morgan fingerprint density at radius 2 is 1.69 bits per heavy atom. The molecule has 1 aromatic carbocycles. The Morgan fingerprint density at radius 1 is 0.931 bits per heavy atom. The van der Waals surface area contributed by atoms with Gasteiger partial charge >= 0.3 is 0 Å². The molecule has 2 aliphatic rings. The fraction of sp³-hybridized carbons (Fsp3) is 0.391. The minimum absolute atomic E-state index is 0.122. The first-order valence-electron chi connectivity index (χ1n) is 10.3. The molecule has 2 aromatic rings. The van der Waals surface area contributed by atoms with E-state index in [4.69, 9.17) is 0 Å². The maximum atomic E-state index is 13.2. The van der Waals surface area contributed by atoms with E-state index in [1.165, 1.54) is 21.8 Å². The van der Waals surface area contributed by atoms with Crippen LogP contribution in [-0.4, -0.2) is 59.2 Å². The highest BCUT2D eigenvalue weighted by molar-refractivity contribution is 7.11. The number of carbonyl (C=O) groups excluding carboxylic acids is 2. The molecule has 3 heterocycles. The summed E-state index contributed by atoms with van der Waals surface area (Å²) in [5.74, 6) is -0.254. The molecule has 2 amide bonds. The summed E-state index contributed by atoms with van der Waals surface area (Å²) in [6.07, 6.45) is 1.80. The third-order valence-electron chi connectivity index (χ3n) is 5.58. The second-order valence-electron chi connectivity index (χ2n) is 7.57. The molecule has 0 atom stereocenters. The van der Waals surface area contributed by atoms with Crippen molar-refractivity contribution in [1.82, 2.24) is 14.7 Å². The summed E-state index contributed by atoms with van der Waals surface area (Å²) < 4.78 is 0. The van der Waals surface area contributed by atoms with Crippen LogP contribution in [0.5, 0.6) is 0 Å². The number of amides is 2. The third-order valence-corrected chi connectivity index (χ3v) is 6.47. The van der Waals surface area contributed by atoms with Crippen molar-refractivity contribution in [2.45, 2.75) is 26.3 Å². The van der Waals surface area contributed by atoms with Crippen LogP contribution in [0.25, 0.3) is 5.57 Å². The van der Waals surface area contributed by atoms with E-state index in [9.17, 15) is 9.59 Å². The molecule has 6 heteroatoms. The maximum absolute atomic E-state index is 13.2. The van der Waals surface area contributed by atoms with E-state index in [1.807, 2.05) is 23.6 Å². The van der Waals surface area contributed by atoms with Crippen molar-refractivity contribution >= 4 is 28.7 Å². The summed E-state index contributed by atoms with van der Waals surface area (Å²) in [6.45, 7) is 6.78. The van der Waals surface area contributed by atoms with Crippen LogP contribution in [0.15, 0.2) is 53.5 Å². The Morgan fingerprint density at radius 3 is 2.34 bits per heavy atom. The molecule has 1 fully saturated rings. The van der Waals surface area contributed by atoms with Gasteiger partial charge in [0.15, 0.2) is 0 Å². The zero-order valence-electron chi connectivity index (χ0n) is 16.8. The predicted molar refractivity (Wildman–Crippen MR) is 116 cm³/mol. The number of nitrogens with zero attached hydrogens (tertiary/aromatic N) is 3. The molecular weight excluding hydrogens is 382 g/mol. The SMILES string of the molecule is CCCCN1C(=O)C(c2cccs2)=C(N2CCN(Cc3ccccc3)CC2)C1=O. The highest BCUT2D eigenvalue weighted by Crippen LogP contribution is 2.34. The lowest BCUT2D eigenvalue weighted by atomic mass is 10.1. The molecule has 0 N–H and O–H groups in total. The van der Waals surface area contributed by atoms with E-state index in [0.717, 1.165) is 50.4 Å². The maximum Gasteiger partial charge on any atom is 0.277 e. The van der Waals surface area contributed by atoms with Gasteiger partial charge in [0.25, 0.3) is 11.8 Å². The zero-order valence-corrected chi connectivity index (χ0v) is 17.7. The summed E-state index contributed by atoms with van der Waals surface area (Å²) in [5, 5.41) is 1.96. The summed E-state index contributed by atoms with van der Waals surface area (Å²) in [5.41, 5.74) is 2.50. The van der Waals surface area contributed by atoms with Gasteiger partial charge in [-0.25, -0.2) is 0 Å². The lowest BCUT2D eigenvalue weighted by Gasteiger charge is -2.36. The molecule has 0 unspecified atom stereocenters. The number of thiophene rings is 1. The lowest BCUT2D eigenvalue weighted by Crippen LogP contribution is -2.47. The van der Waals surface area contributed by atoms with Crippen molar-refractivity contribution in [3.8, 4) is 0 Å². The van der Waals surface area contributed by atoms with Crippen LogP contribution in [0.4, 0.5) is 0 Å². The van der Waals surface area contributed by atoms with Gasteiger partial charge in [-0.15, -0.1) is 11.3 Å². The Bertz CT molecular complexity index is 884. The summed E-state index contributed by atoms with van der Waals surface area (Å²) >= 11 is 1.53. The molecule has 0 saturated carbocycles. The van der Waals surface area contributed by atoms with Gasteiger partial charge in [0.2, 0.25) is 0 Å². The first-order valence-corrected chi connectivity index (χ1v) is 11.2. The van der Waals surface area contributed by atoms with E-state index in [-0.39, 0.29) is 11.8 Å². The minimum Gasteiger partial charge on any atom is -0.364 e. The van der Waals surface area contributed by atoms with Crippen molar-refractivity contribution in [3.05, 3.63) is 64.0 Å². The number of imide groups is 1. The van der Waals surface area contributed by atoms with Crippen LogP contribution >= 0.6 is 11.3 Å². The molecule has 5 nitrogen and oxygen atoms in total. The van der Waals surface area contributed by atoms with E-state index >= 15 is 0 Å². The van der Waals surface area contributed by atoms with Crippen molar-refractivity contribution in [1.29, 1.82) is 0 Å². The van der Waals surface area contributed by atoms with Crippen molar-refractivity contribution in [3.63, 3.8) is 0 Å². The Labute approximate surface area is 176 Å². The molecule has 0 bridgehead atoms. The number of unbranched alkanes of at least 4 members (excludes halogenated alkanes) is 1. The second kappa shape index (κ2) is 8.93. The van der Waals surface area contributed by atoms with E-state index in [0.29, 0.717) is 17.8 Å². The molecule has 1 aromatic heterocycles. The molecule has 29 heavy (non-hydrogen) atoms. The van der Waals surface area contributed by atoms with Gasteiger partial charge in [0.1, 0.15) is 5.70 Å². The Hall–Kier alpha value is -2.44. The van der Waals surface area contributed by atoms with Crippen molar-refractivity contribution in [2.24, 2.45) is 0 Å². The van der Waals surface area contributed by atoms with Crippen molar-refractivity contribution < 1.29 is 9.59 Å². The average Bonchev–Trinajstić information content (AvgIpc) is 3.35. The van der Waals surface area contributed by atoms with Gasteiger partial charge in [0, 0.05) is 44.1 Å². The molecule has 1 saturated heterocycles. The first-order chi connectivity index (χ1) is 14.2. The monoisotopic (exact) mass is 409 g/mol. The summed E-state index contributed by atoms with van der Waals surface area (Å²) in [7, 11) is 0. The minimum atomic E-state index is -0.132. The standard InChI is InChI=1S/C23H27N3O2S/c1-2-3-11-26-22(27)20(19-10-7-16-29-19)21(23(26)28)25-14-12-24(13-15-25)17-18-8-5-4-6-9-18/h4-10,16H,2-3,11-15,17H2,1H3. The molecule has 0 radical (unpaired) electrons. The Kier molecular flexibility index (Phi) is 6.11. The van der Waals surface area contributed by atoms with Gasteiger partial charge in [-0.2, -0.15) is 0 Å². The third kappa shape index (κ3) is 4.14. The smallest absolute Gasteiger partial charge is 0.277 e. The lowest BCUT2D eigenvalue weighted by molar-refractivity contribution is -0.137. The molecule has 0 aliphatic carbocycles. The molecule has 0 spiro atoms. The van der Waals surface area contributed by atoms with E-state index in [1.54, 1.807) is 0 Å². The van der Waals surface area contributed by atoms with Crippen molar-refractivity contribution in [2.75, 3.05) is 32.7 Å².